The maximum Gasteiger partial charge on any atom is 0.243 e. The van der Waals surface area contributed by atoms with Crippen LogP contribution in [0.5, 0.6) is 0 Å². The monoisotopic (exact) mass is 479 g/mol. The highest BCUT2D eigenvalue weighted by molar-refractivity contribution is 7.89. The molecule has 1 fully saturated rings. The highest BCUT2D eigenvalue weighted by atomic mass is 32.2. The molecule has 2 N–H and O–H groups in total. The van der Waals surface area contributed by atoms with Gasteiger partial charge in [0, 0.05) is 13.1 Å². The summed E-state index contributed by atoms with van der Waals surface area (Å²) in [5, 5.41) is 5.62. The summed E-state index contributed by atoms with van der Waals surface area (Å²) in [6.07, 6.45) is 3.22. The van der Waals surface area contributed by atoms with E-state index in [4.69, 9.17) is 4.42 Å². The Morgan fingerprint density at radius 1 is 1.24 bits per heavy atom. The molecular formula is C23H30FN3O5S. The number of benzene rings is 1. The van der Waals surface area contributed by atoms with Crippen molar-refractivity contribution >= 4 is 21.8 Å². The molecule has 0 saturated carbocycles. The molecule has 2 amide bonds. The van der Waals surface area contributed by atoms with Gasteiger partial charge in [0.15, 0.2) is 0 Å². The molecule has 33 heavy (non-hydrogen) atoms. The lowest BCUT2D eigenvalue weighted by atomic mass is 9.95. The largest absolute Gasteiger partial charge is 0.467 e. The Balaban J connectivity index is 1.66. The van der Waals surface area contributed by atoms with E-state index in [1.54, 1.807) is 12.1 Å². The van der Waals surface area contributed by atoms with Crippen molar-refractivity contribution in [3.63, 3.8) is 0 Å². The normalized spacial score (nSPS) is 18.9. The van der Waals surface area contributed by atoms with Gasteiger partial charge in [-0.2, -0.15) is 4.31 Å². The molecule has 2 heterocycles. The number of sulfonamides is 1. The fourth-order valence-corrected chi connectivity index (χ4v) is 5.32. The number of furan rings is 1. The molecule has 10 heteroatoms. The molecule has 0 spiro atoms. The third-order valence-corrected chi connectivity index (χ3v) is 7.90. The average Bonchev–Trinajstić information content (AvgIpc) is 3.34. The number of amides is 2. The minimum absolute atomic E-state index is 0.00673. The Morgan fingerprint density at radius 3 is 2.61 bits per heavy atom. The molecule has 0 radical (unpaired) electrons. The first-order chi connectivity index (χ1) is 15.7. The fourth-order valence-electron chi connectivity index (χ4n) is 3.80. The molecular weight excluding hydrogens is 449 g/mol. The van der Waals surface area contributed by atoms with Crippen LogP contribution in [-0.2, 0) is 26.2 Å². The van der Waals surface area contributed by atoms with Crippen molar-refractivity contribution in [3.8, 4) is 0 Å². The van der Waals surface area contributed by atoms with Crippen LogP contribution in [0, 0.1) is 17.7 Å². The van der Waals surface area contributed by atoms with E-state index < -0.39 is 27.8 Å². The van der Waals surface area contributed by atoms with Crippen LogP contribution in [0.25, 0.3) is 0 Å². The highest BCUT2D eigenvalue weighted by Crippen LogP contribution is 2.24. The lowest BCUT2D eigenvalue weighted by molar-refractivity contribution is -0.133. The van der Waals surface area contributed by atoms with Crippen molar-refractivity contribution in [1.82, 2.24) is 14.9 Å². The summed E-state index contributed by atoms with van der Waals surface area (Å²) in [7, 11) is -3.85. The van der Waals surface area contributed by atoms with Crippen LogP contribution in [0.15, 0.2) is 52.0 Å². The predicted octanol–water partition coefficient (Wildman–Crippen LogP) is 2.67. The Morgan fingerprint density at radius 2 is 1.97 bits per heavy atom. The van der Waals surface area contributed by atoms with E-state index in [0.717, 1.165) is 12.1 Å². The number of nitrogens with one attached hydrogen (secondary N) is 2. The molecule has 1 aromatic heterocycles. The first-order valence-electron chi connectivity index (χ1n) is 11.1. The van der Waals surface area contributed by atoms with Crippen LogP contribution in [0.2, 0.25) is 0 Å². The zero-order chi connectivity index (χ0) is 24.0. The third-order valence-electron chi connectivity index (χ3n) is 6.02. The Bertz CT molecular complexity index is 1040. The number of carbonyl (C=O) groups is 2. The summed E-state index contributed by atoms with van der Waals surface area (Å²) in [4.78, 5) is 25.8. The Labute approximate surface area is 193 Å². The van der Waals surface area contributed by atoms with Gasteiger partial charge in [-0.05, 0) is 55.2 Å². The molecule has 3 atom stereocenters. The molecule has 1 aliphatic rings. The summed E-state index contributed by atoms with van der Waals surface area (Å²) in [5.74, 6) is -1.29. The van der Waals surface area contributed by atoms with E-state index in [1.165, 1.54) is 22.7 Å². The summed E-state index contributed by atoms with van der Waals surface area (Å²) < 4.78 is 45.6. The quantitative estimate of drug-likeness (QED) is 0.575. The summed E-state index contributed by atoms with van der Waals surface area (Å²) >= 11 is 0. The minimum atomic E-state index is -3.85. The van der Waals surface area contributed by atoms with Gasteiger partial charge in [-0.3, -0.25) is 9.59 Å². The zero-order valence-electron chi connectivity index (χ0n) is 18.8. The number of rotatable bonds is 9. The van der Waals surface area contributed by atoms with Crippen LogP contribution < -0.4 is 10.6 Å². The summed E-state index contributed by atoms with van der Waals surface area (Å²) in [6.45, 7) is 4.31. The van der Waals surface area contributed by atoms with Crippen molar-refractivity contribution in [2.75, 3.05) is 13.1 Å². The maximum absolute atomic E-state index is 13.2. The van der Waals surface area contributed by atoms with Gasteiger partial charge >= 0.3 is 0 Å². The van der Waals surface area contributed by atoms with Gasteiger partial charge in [0.05, 0.1) is 23.6 Å². The second-order valence-electron chi connectivity index (χ2n) is 8.33. The molecule has 0 aliphatic carbocycles. The minimum Gasteiger partial charge on any atom is -0.467 e. The number of nitrogens with zero attached hydrogens (tertiary/aromatic N) is 1. The van der Waals surface area contributed by atoms with Gasteiger partial charge in [0.2, 0.25) is 21.8 Å². The van der Waals surface area contributed by atoms with Crippen LogP contribution >= 0.6 is 0 Å². The van der Waals surface area contributed by atoms with Gasteiger partial charge in [-0.1, -0.05) is 20.3 Å². The number of carbonyl (C=O) groups excluding carboxylic acids is 2. The van der Waals surface area contributed by atoms with Crippen molar-refractivity contribution < 1.29 is 26.8 Å². The van der Waals surface area contributed by atoms with E-state index in [2.05, 4.69) is 10.6 Å². The smallest absolute Gasteiger partial charge is 0.243 e. The molecule has 0 bridgehead atoms. The number of hydrogen-bond donors (Lipinski definition) is 2. The van der Waals surface area contributed by atoms with Crippen LogP contribution in [0.4, 0.5) is 4.39 Å². The van der Waals surface area contributed by atoms with E-state index >= 15 is 0 Å². The second kappa shape index (κ2) is 10.9. The van der Waals surface area contributed by atoms with Crippen molar-refractivity contribution in [1.29, 1.82) is 0 Å². The first kappa shape index (κ1) is 24.9. The van der Waals surface area contributed by atoms with Gasteiger partial charge < -0.3 is 15.1 Å². The van der Waals surface area contributed by atoms with Gasteiger partial charge in [-0.25, -0.2) is 12.8 Å². The lowest BCUT2D eigenvalue weighted by Gasteiger charge is -2.32. The molecule has 8 nitrogen and oxygen atoms in total. The van der Waals surface area contributed by atoms with E-state index in [-0.39, 0.29) is 42.3 Å². The first-order valence-corrected chi connectivity index (χ1v) is 12.5. The number of halogens is 1. The van der Waals surface area contributed by atoms with E-state index in [9.17, 15) is 22.4 Å². The Kier molecular flexibility index (Phi) is 8.25. The van der Waals surface area contributed by atoms with Gasteiger partial charge in [-0.15, -0.1) is 0 Å². The fraction of sp³-hybridized carbons (Fsp3) is 0.478. The van der Waals surface area contributed by atoms with Crippen molar-refractivity contribution in [2.45, 2.75) is 50.6 Å². The van der Waals surface area contributed by atoms with Crippen LogP contribution in [-0.4, -0.2) is 43.7 Å². The molecule has 180 valence electrons. The SMILES string of the molecule is CC[C@@H](C)[C@H](NC(=O)[C@H]1CCCN(S(=O)(=O)c2ccc(F)cc2)C1)C(=O)NCc1ccco1. The van der Waals surface area contributed by atoms with Crippen molar-refractivity contribution in [3.05, 3.63) is 54.2 Å². The zero-order valence-corrected chi connectivity index (χ0v) is 19.6. The Hall–Kier alpha value is -2.72. The highest BCUT2D eigenvalue weighted by Gasteiger charge is 2.35. The standard InChI is InChI=1S/C23H30FN3O5S/c1-3-16(2)21(23(29)25-14-19-7-5-13-32-19)26-22(28)17-6-4-12-27(15-17)33(30,31)20-10-8-18(24)9-11-20/h5,7-11,13,16-17,21H,3-4,6,12,14-15H2,1-2H3,(H,25,29)(H,26,28)/t16-,17+,21+/m1/s1. The molecule has 0 unspecified atom stereocenters. The van der Waals surface area contributed by atoms with Gasteiger partial charge in [0.1, 0.15) is 17.6 Å². The van der Waals surface area contributed by atoms with E-state index in [1.807, 2.05) is 13.8 Å². The predicted molar refractivity (Wildman–Crippen MR) is 120 cm³/mol. The maximum atomic E-state index is 13.2. The average molecular weight is 480 g/mol. The lowest BCUT2D eigenvalue weighted by Crippen LogP contribution is -2.53. The summed E-state index contributed by atoms with van der Waals surface area (Å²) in [6, 6.07) is 7.35. The second-order valence-corrected chi connectivity index (χ2v) is 10.3. The number of piperidine rings is 1. The molecule has 2 aromatic rings. The third kappa shape index (κ3) is 6.20. The van der Waals surface area contributed by atoms with Crippen molar-refractivity contribution in [2.24, 2.45) is 11.8 Å². The molecule has 3 rings (SSSR count). The van der Waals surface area contributed by atoms with E-state index in [0.29, 0.717) is 25.0 Å². The van der Waals surface area contributed by atoms with Crippen LogP contribution in [0.1, 0.15) is 38.9 Å². The number of hydrogen-bond acceptors (Lipinski definition) is 5. The molecule has 1 saturated heterocycles. The molecule has 1 aromatic carbocycles. The topological polar surface area (TPSA) is 109 Å². The van der Waals surface area contributed by atoms with Crippen LogP contribution in [0.3, 0.4) is 0 Å². The summed E-state index contributed by atoms with van der Waals surface area (Å²) in [5.41, 5.74) is 0. The molecule has 1 aliphatic heterocycles. The van der Waals surface area contributed by atoms with Gasteiger partial charge in [0.25, 0.3) is 0 Å².